The molecule has 6 heteroatoms. The molecule has 0 radical (unpaired) electrons. The third-order valence-corrected chi connectivity index (χ3v) is 6.32. The summed E-state index contributed by atoms with van der Waals surface area (Å²) in [6.45, 7) is 8.32. The molecule has 1 saturated heterocycles. The molecule has 0 spiro atoms. The van der Waals surface area contributed by atoms with Crippen LogP contribution in [-0.4, -0.2) is 45.2 Å². The van der Waals surface area contributed by atoms with E-state index >= 15 is 0 Å². The topological polar surface area (TPSA) is 61.8 Å². The standard InChI is InChI=1S/C17H24N4OS/c1-2-20-7-9-21(10-8-20)12-16(22)19-17-14(11-18)13-5-3-4-6-15(13)23-17/h2-10,12H2,1H3,(H,19,22)/p+2. The summed E-state index contributed by atoms with van der Waals surface area (Å²) in [6, 6.07) is 2.31. The van der Waals surface area contributed by atoms with Crippen molar-refractivity contribution in [2.75, 3.05) is 44.6 Å². The van der Waals surface area contributed by atoms with Gasteiger partial charge in [-0.05, 0) is 38.2 Å². The van der Waals surface area contributed by atoms with Crippen LogP contribution in [0.4, 0.5) is 5.00 Å². The van der Waals surface area contributed by atoms with Crippen molar-refractivity contribution in [3.63, 3.8) is 0 Å². The Bertz CT molecular complexity index is 611. The van der Waals surface area contributed by atoms with Gasteiger partial charge < -0.3 is 15.1 Å². The number of aryl methyl sites for hydroxylation is 1. The van der Waals surface area contributed by atoms with E-state index in [9.17, 15) is 10.1 Å². The van der Waals surface area contributed by atoms with Crippen molar-refractivity contribution < 1.29 is 14.6 Å². The molecular formula is C17H26N4OS+2. The first-order valence-corrected chi connectivity index (χ1v) is 9.54. The van der Waals surface area contributed by atoms with Crippen molar-refractivity contribution >= 4 is 22.2 Å². The lowest BCUT2D eigenvalue weighted by molar-refractivity contribution is -1.01. The van der Waals surface area contributed by atoms with Crippen LogP contribution in [0.3, 0.4) is 0 Å². The van der Waals surface area contributed by atoms with E-state index in [0.29, 0.717) is 12.1 Å². The number of nitrogens with zero attached hydrogens (tertiary/aromatic N) is 1. The van der Waals surface area contributed by atoms with Gasteiger partial charge in [0.2, 0.25) is 0 Å². The molecule has 5 nitrogen and oxygen atoms in total. The minimum absolute atomic E-state index is 0.0510. The predicted molar refractivity (Wildman–Crippen MR) is 91.1 cm³/mol. The average molecular weight is 334 g/mol. The van der Waals surface area contributed by atoms with Crippen molar-refractivity contribution in [2.24, 2.45) is 0 Å². The zero-order valence-corrected chi connectivity index (χ0v) is 14.7. The molecule has 1 amide bonds. The van der Waals surface area contributed by atoms with E-state index in [1.54, 1.807) is 16.2 Å². The Morgan fingerprint density at radius 1 is 1.22 bits per heavy atom. The van der Waals surface area contributed by atoms with Crippen LogP contribution in [0.15, 0.2) is 0 Å². The van der Waals surface area contributed by atoms with Crippen LogP contribution in [0.1, 0.15) is 35.8 Å². The average Bonchev–Trinajstić information content (AvgIpc) is 2.92. The molecule has 0 atom stereocenters. The number of hydrogen-bond donors (Lipinski definition) is 3. The smallest absolute Gasteiger partial charge is 0.280 e. The van der Waals surface area contributed by atoms with Gasteiger partial charge in [-0.3, -0.25) is 4.79 Å². The molecule has 2 heterocycles. The van der Waals surface area contributed by atoms with Crippen LogP contribution in [0, 0.1) is 11.3 Å². The van der Waals surface area contributed by atoms with Crippen LogP contribution >= 0.6 is 11.3 Å². The van der Waals surface area contributed by atoms with E-state index in [2.05, 4.69) is 18.3 Å². The highest BCUT2D eigenvalue weighted by molar-refractivity contribution is 7.16. The molecule has 1 aromatic rings. The van der Waals surface area contributed by atoms with Crippen LogP contribution in [0.2, 0.25) is 0 Å². The number of piperazine rings is 1. The molecule has 1 aromatic heterocycles. The maximum absolute atomic E-state index is 12.4. The Labute approximate surface area is 141 Å². The molecule has 2 aliphatic rings. The van der Waals surface area contributed by atoms with Gasteiger partial charge in [-0.2, -0.15) is 5.26 Å². The number of likely N-dealkylation sites (N-methyl/N-ethyl adjacent to an activating group) is 1. The molecule has 0 unspecified atom stereocenters. The molecule has 3 rings (SSSR count). The summed E-state index contributed by atoms with van der Waals surface area (Å²) in [5, 5.41) is 13.3. The first-order chi connectivity index (χ1) is 11.2. The molecule has 0 saturated carbocycles. The largest absolute Gasteiger partial charge is 0.326 e. The monoisotopic (exact) mass is 334 g/mol. The lowest BCUT2D eigenvalue weighted by atomic mass is 9.96. The van der Waals surface area contributed by atoms with Gasteiger partial charge in [0.25, 0.3) is 5.91 Å². The SMILES string of the molecule is CC[NH+]1CC[NH+](CC(=O)Nc2sc3c(c2C#N)CCCC3)CC1. The van der Waals surface area contributed by atoms with Gasteiger partial charge in [0.1, 0.15) is 37.2 Å². The first-order valence-electron chi connectivity index (χ1n) is 8.73. The maximum atomic E-state index is 12.4. The number of anilines is 1. The maximum Gasteiger partial charge on any atom is 0.280 e. The number of amides is 1. The van der Waals surface area contributed by atoms with E-state index in [1.807, 2.05) is 0 Å². The Morgan fingerprint density at radius 2 is 1.91 bits per heavy atom. The number of nitriles is 1. The minimum atomic E-state index is 0.0510. The van der Waals surface area contributed by atoms with Gasteiger partial charge in [0.05, 0.1) is 12.1 Å². The van der Waals surface area contributed by atoms with Crippen LogP contribution in [0.25, 0.3) is 0 Å². The first kappa shape index (κ1) is 16.4. The number of thiophene rings is 1. The van der Waals surface area contributed by atoms with E-state index in [0.717, 1.165) is 50.4 Å². The van der Waals surface area contributed by atoms with Gasteiger partial charge in [0.15, 0.2) is 6.54 Å². The Morgan fingerprint density at radius 3 is 2.61 bits per heavy atom. The summed E-state index contributed by atoms with van der Waals surface area (Å²) in [4.78, 5) is 16.7. The van der Waals surface area contributed by atoms with Crippen LogP contribution in [-0.2, 0) is 17.6 Å². The Balaban J connectivity index is 1.60. The molecule has 1 fully saturated rings. The lowest BCUT2D eigenvalue weighted by Crippen LogP contribution is -3.28. The van der Waals surface area contributed by atoms with E-state index in [4.69, 9.17) is 0 Å². The number of carbonyl (C=O) groups excluding carboxylic acids is 1. The second-order valence-corrected chi connectivity index (χ2v) is 7.71. The summed E-state index contributed by atoms with van der Waals surface area (Å²) >= 11 is 1.61. The Kier molecular flexibility index (Phi) is 5.31. The van der Waals surface area contributed by atoms with Crippen LogP contribution < -0.4 is 15.1 Å². The summed E-state index contributed by atoms with van der Waals surface area (Å²) < 4.78 is 0. The fraction of sp³-hybridized carbons (Fsp3) is 0.647. The van der Waals surface area contributed by atoms with E-state index < -0.39 is 0 Å². The number of fused-ring (bicyclic) bond motifs is 1. The normalized spacial score (nSPS) is 23.8. The van der Waals surface area contributed by atoms with Crippen molar-refractivity contribution in [2.45, 2.75) is 32.6 Å². The molecule has 0 aromatic carbocycles. The summed E-state index contributed by atoms with van der Waals surface area (Å²) in [5.41, 5.74) is 1.90. The van der Waals surface area contributed by atoms with E-state index in [-0.39, 0.29) is 5.91 Å². The van der Waals surface area contributed by atoms with Crippen LogP contribution in [0.5, 0.6) is 0 Å². The van der Waals surface area contributed by atoms with Gasteiger partial charge in [-0.15, -0.1) is 11.3 Å². The third-order valence-electron chi connectivity index (χ3n) is 5.11. The zero-order valence-electron chi connectivity index (χ0n) is 13.8. The number of rotatable bonds is 4. The minimum Gasteiger partial charge on any atom is -0.326 e. The van der Waals surface area contributed by atoms with Crippen molar-refractivity contribution in [3.8, 4) is 6.07 Å². The second kappa shape index (κ2) is 7.43. The summed E-state index contributed by atoms with van der Waals surface area (Å²) in [5.74, 6) is 0.0510. The van der Waals surface area contributed by atoms with E-state index in [1.165, 1.54) is 28.3 Å². The quantitative estimate of drug-likeness (QED) is 0.678. The molecule has 23 heavy (non-hydrogen) atoms. The molecule has 1 aliphatic heterocycles. The second-order valence-electron chi connectivity index (χ2n) is 6.61. The highest BCUT2D eigenvalue weighted by Crippen LogP contribution is 2.37. The van der Waals surface area contributed by atoms with Gasteiger partial charge >= 0.3 is 0 Å². The molecule has 124 valence electrons. The fourth-order valence-corrected chi connectivity index (χ4v) is 4.91. The summed E-state index contributed by atoms with van der Waals surface area (Å²) in [6.07, 6.45) is 4.38. The van der Waals surface area contributed by atoms with Crippen molar-refractivity contribution in [1.82, 2.24) is 0 Å². The highest BCUT2D eigenvalue weighted by Gasteiger charge is 2.26. The predicted octanol–water partition coefficient (Wildman–Crippen LogP) is -0.760. The molecular weight excluding hydrogens is 308 g/mol. The number of nitrogens with one attached hydrogen (secondary N) is 3. The zero-order chi connectivity index (χ0) is 16.2. The Hall–Kier alpha value is -1.42. The van der Waals surface area contributed by atoms with Gasteiger partial charge in [-0.1, -0.05) is 0 Å². The van der Waals surface area contributed by atoms with Gasteiger partial charge in [-0.25, -0.2) is 0 Å². The van der Waals surface area contributed by atoms with Crippen molar-refractivity contribution in [3.05, 3.63) is 16.0 Å². The fourth-order valence-electron chi connectivity index (χ4n) is 3.66. The summed E-state index contributed by atoms with van der Waals surface area (Å²) in [7, 11) is 0. The number of carbonyl (C=O) groups is 1. The molecule has 3 N–H and O–H groups in total. The van der Waals surface area contributed by atoms with Crippen molar-refractivity contribution in [1.29, 1.82) is 5.26 Å². The molecule has 1 aliphatic carbocycles. The number of hydrogen-bond acceptors (Lipinski definition) is 3. The lowest BCUT2D eigenvalue weighted by Gasteiger charge is -2.28. The highest BCUT2D eigenvalue weighted by atomic mass is 32.1. The number of quaternary nitrogens is 2. The molecule has 0 bridgehead atoms. The van der Waals surface area contributed by atoms with Gasteiger partial charge in [0, 0.05) is 4.88 Å². The third kappa shape index (κ3) is 3.74.